The molecule has 2 aromatic heterocycles. The molecule has 9 nitrogen and oxygen atoms in total. The van der Waals surface area contributed by atoms with E-state index in [1.165, 1.54) is 0 Å². The molecule has 0 spiro atoms. The number of carbonyl (C=O) groups excluding carboxylic acids is 2. The number of H-pyrrole nitrogens is 1. The highest BCUT2D eigenvalue weighted by molar-refractivity contribution is 5.99. The van der Waals surface area contributed by atoms with Gasteiger partial charge in [0.1, 0.15) is 5.69 Å². The van der Waals surface area contributed by atoms with Gasteiger partial charge in [-0.1, -0.05) is 41.6 Å². The number of nitrogens with zero attached hydrogens (tertiary/aromatic N) is 5. The number of benzene rings is 2. The molecule has 0 radical (unpaired) electrons. The predicted molar refractivity (Wildman–Crippen MR) is 118 cm³/mol. The number of piperidine rings is 1. The lowest BCUT2D eigenvalue weighted by Gasteiger charge is -2.30. The van der Waals surface area contributed by atoms with Crippen LogP contribution in [0.3, 0.4) is 0 Å². The molecule has 2 aromatic carbocycles. The van der Waals surface area contributed by atoms with Gasteiger partial charge in [-0.2, -0.15) is 5.10 Å². The van der Waals surface area contributed by atoms with Crippen molar-refractivity contribution >= 4 is 22.7 Å². The summed E-state index contributed by atoms with van der Waals surface area (Å²) < 4.78 is 1.66. The van der Waals surface area contributed by atoms with Gasteiger partial charge >= 0.3 is 0 Å². The van der Waals surface area contributed by atoms with E-state index in [1.54, 1.807) is 15.8 Å². The van der Waals surface area contributed by atoms with Crippen molar-refractivity contribution in [2.45, 2.75) is 19.4 Å². The highest BCUT2D eigenvalue weighted by Gasteiger charge is 2.31. The summed E-state index contributed by atoms with van der Waals surface area (Å²) in [5, 5.41) is 16.7. The number of nitrogens with two attached hydrogens (primary N) is 1. The number of nitrogens with one attached hydrogen (secondary N) is 1. The van der Waals surface area contributed by atoms with Gasteiger partial charge < -0.3 is 10.6 Å². The van der Waals surface area contributed by atoms with Crippen LogP contribution < -0.4 is 5.73 Å². The van der Waals surface area contributed by atoms with E-state index < -0.39 is 0 Å². The summed E-state index contributed by atoms with van der Waals surface area (Å²) in [7, 11) is 0. The molecule has 1 aliphatic rings. The van der Waals surface area contributed by atoms with Crippen molar-refractivity contribution in [3.8, 4) is 11.3 Å². The highest BCUT2D eigenvalue weighted by Crippen LogP contribution is 2.27. The number of primary amides is 1. The van der Waals surface area contributed by atoms with E-state index >= 15 is 0 Å². The molecule has 9 heteroatoms. The van der Waals surface area contributed by atoms with E-state index in [0.29, 0.717) is 43.9 Å². The van der Waals surface area contributed by atoms with E-state index in [9.17, 15) is 9.59 Å². The van der Waals surface area contributed by atoms with E-state index in [-0.39, 0.29) is 17.7 Å². The average Bonchev–Trinajstić information content (AvgIpc) is 3.46. The fourth-order valence-corrected chi connectivity index (χ4v) is 4.19. The van der Waals surface area contributed by atoms with Crippen LogP contribution in [-0.2, 0) is 11.3 Å². The number of likely N-dealkylation sites (tertiary alicyclic amines) is 1. The van der Waals surface area contributed by atoms with Gasteiger partial charge in [0.15, 0.2) is 5.69 Å². The Morgan fingerprint density at radius 2 is 1.88 bits per heavy atom. The third-order valence-electron chi connectivity index (χ3n) is 6.01. The topological polar surface area (TPSA) is 123 Å². The molecular formula is C23H23N7O2. The second-order valence-electron chi connectivity index (χ2n) is 8.07. The number of amides is 2. The van der Waals surface area contributed by atoms with E-state index in [4.69, 9.17) is 5.73 Å². The van der Waals surface area contributed by atoms with Gasteiger partial charge in [0.2, 0.25) is 5.91 Å². The summed E-state index contributed by atoms with van der Waals surface area (Å²) in [6, 6.07) is 15.6. The minimum absolute atomic E-state index is 0.142. The van der Waals surface area contributed by atoms with Crippen molar-refractivity contribution < 1.29 is 9.59 Å². The summed E-state index contributed by atoms with van der Waals surface area (Å²) >= 11 is 0. The number of hydrogen-bond donors (Lipinski definition) is 2. The van der Waals surface area contributed by atoms with Crippen LogP contribution in [0.25, 0.3) is 22.2 Å². The Hall–Kier alpha value is -4.01. The van der Waals surface area contributed by atoms with Gasteiger partial charge in [-0.05, 0) is 30.5 Å². The van der Waals surface area contributed by atoms with Gasteiger partial charge in [-0.3, -0.25) is 14.7 Å². The van der Waals surface area contributed by atoms with Gasteiger partial charge in [0.05, 0.1) is 18.3 Å². The molecule has 2 amide bonds. The first-order valence-electron chi connectivity index (χ1n) is 10.6. The summed E-state index contributed by atoms with van der Waals surface area (Å²) in [5.74, 6) is -0.632. The Morgan fingerprint density at radius 3 is 2.62 bits per heavy atom. The molecule has 5 rings (SSSR count). The van der Waals surface area contributed by atoms with Gasteiger partial charge in [-0.25, -0.2) is 4.68 Å². The molecule has 32 heavy (non-hydrogen) atoms. The van der Waals surface area contributed by atoms with Crippen LogP contribution in [0.15, 0.2) is 54.7 Å². The van der Waals surface area contributed by atoms with Crippen LogP contribution in [0.2, 0.25) is 0 Å². The summed E-state index contributed by atoms with van der Waals surface area (Å²) in [4.78, 5) is 26.9. The summed E-state index contributed by atoms with van der Waals surface area (Å²) in [6.45, 7) is 1.38. The van der Waals surface area contributed by atoms with E-state index in [2.05, 4.69) is 20.5 Å². The first-order valence-corrected chi connectivity index (χ1v) is 10.6. The van der Waals surface area contributed by atoms with Crippen molar-refractivity contribution in [2.24, 2.45) is 11.7 Å². The Balaban J connectivity index is 1.52. The largest absolute Gasteiger partial charge is 0.369 e. The fourth-order valence-electron chi connectivity index (χ4n) is 4.19. The number of hydrogen-bond acceptors (Lipinski definition) is 5. The van der Waals surface area contributed by atoms with Crippen molar-refractivity contribution in [3.05, 3.63) is 66.0 Å². The minimum Gasteiger partial charge on any atom is -0.369 e. The number of rotatable bonds is 5. The number of aromatic nitrogens is 5. The van der Waals surface area contributed by atoms with Crippen LogP contribution in [-0.4, -0.2) is 55.0 Å². The molecule has 1 fully saturated rings. The van der Waals surface area contributed by atoms with Crippen molar-refractivity contribution in [1.82, 2.24) is 30.1 Å². The van der Waals surface area contributed by atoms with Crippen LogP contribution in [0.1, 0.15) is 28.9 Å². The Morgan fingerprint density at radius 1 is 1.09 bits per heavy atom. The smallest absolute Gasteiger partial charge is 0.274 e. The average molecular weight is 429 g/mol. The van der Waals surface area contributed by atoms with Gasteiger partial charge in [0, 0.05) is 30.0 Å². The zero-order chi connectivity index (χ0) is 22.1. The van der Waals surface area contributed by atoms with Crippen LogP contribution in [0.4, 0.5) is 0 Å². The second kappa shape index (κ2) is 8.26. The molecule has 4 aromatic rings. The van der Waals surface area contributed by atoms with Gasteiger partial charge in [-0.15, -0.1) is 5.10 Å². The SMILES string of the molecule is NC(=O)C1CCN(C(=O)c2c(-c3ccc4[nH]ncc4c3)nnn2Cc2ccccc2)CC1. The third kappa shape index (κ3) is 3.73. The van der Waals surface area contributed by atoms with Crippen LogP contribution in [0, 0.1) is 5.92 Å². The molecular weight excluding hydrogens is 406 g/mol. The highest BCUT2D eigenvalue weighted by atomic mass is 16.2. The van der Waals surface area contributed by atoms with E-state index in [0.717, 1.165) is 22.0 Å². The summed E-state index contributed by atoms with van der Waals surface area (Å²) in [5.41, 5.74) is 9.16. The summed E-state index contributed by atoms with van der Waals surface area (Å²) in [6.07, 6.45) is 2.87. The molecule has 0 aliphatic carbocycles. The molecule has 3 heterocycles. The molecule has 3 N–H and O–H groups in total. The first kappa shape index (κ1) is 19.9. The normalized spacial score (nSPS) is 14.7. The molecule has 162 valence electrons. The Bertz CT molecular complexity index is 1270. The maximum absolute atomic E-state index is 13.6. The lowest BCUT2D eigenvalue weighted by Crippen LogP contribution is -2.42. The van der Waals surface area contributed by atoms with E-state index in [1.807, 2.05) is 48.5 Å². The van der Waals surface area contributed by atoms with Crippen LogP contribution in [0.5, 0.6) is 0 Å². The zero-order valence-corrected chi connectivity index (χ0v) is 17.4. The third-order valence-corrected chi connectivity index (χ3v) is 6.01. The van der Waals surface area contributed by atoms with Crippen molar-refractivity contribution in [2.75, 3.05) is 13.1 Å². The quantitative estimate of drug-likeness (QED) is 0.504. The predicted octanol–water partition coefficient (Wildman–Crippen LogP) is 2.21. The second-order valence-corrected chi connectivity index (χ2v) is 8.07. The maximum atomic E-state index is 13.6. The molecule has 0 atom stereocenters. The monoisotopic (exact) mass is 429 g/mol. The minimum atomic E-state index is -0.304. The Kier molecular flexibility index (Phi) is 5.14. The fraction of sp³-hybridized carbons (Fsp3) is 0.261. The molecule has 0 bridgehead atoms. The van der Waals surface area contributed by atoms with Crippen molar-refractivity contribution in [1.29, 1.82) is 0 Å². The van der Waals surface area contributed by atoms with Crippen molar-refractivity contribution in [3.63, 3.8) is 0 Å². The standard InChI is InChI=1S/C23H23N7O2/c24-22(31)16-8-10-29(11-9-16)23(32)21-20(17-6-7-19-18(12-17)13-25-26-19)27-28-30(21)14-15-4-2-1-3-5-15/h1-7,12-13,16H,8-11,14H2,(H2,24,31)(H,25,26). The van der Waals surface area contributed by atoms with Gasteiger partial charge in [0.25, 0.3) is 5.91 Å². The molecule has 1 aliphatic heterocycles. The number of aromatic amines is 1. The maximum Gasteiger partial charge on any atom is 0.274 e. The molecule has 1 saturated heterocycles. The Labute approximate surface area is 184 Å². The molecule has 0 unspecified atom stereocenters. The lowest BCUT2D eigenvalue weighted by molar-refractivity contribution is -0.123. The van der Waals surface area contributed by atoms with Crippen LogP contribution >= 0.6 is 0 Å². The number of carbonyl (C=O) groups is 2. The zero-order valence-electron chi connectivity index (χ0n) is 17.4. The molecule has 0 saturated carbocycles. The lowest BCUT2D eigenvalue weighted by atomic mass is 9.96. The number of fused-ring (bicyclic) bond motifs is 1. The first-order chi connectivity index (χ1) is 15.6.